The van der Waals surface area contributed by atoms with Gasteiger partial charge >= 0.3 is 0 Å². The van der Waals surface area contributed by atoms with Gasteiger partial charge in [-0.05, 0) is 54.9 Å². The zero-order valence-electron chi connectivity index (χ0n) is 19.8. The summed E-state index contributed by atoms with van der Waals surface area (Å²) in [6.45, 7) is 2.36. The first-order valence-electron chi connectivity index (χ1n) is 11.8. The van der Waals surface area contributed by atoms with Crippen LogP contribution < -0.4 is 21.5 Å². The van der Waals surface area contributed by atoms with Crippen LogP contribution in [0.25, 0.3) is 11.3 Å². The van der Waals surface area contributed by atoms with Crippen LogP contribution in [-0.2, 0) is 0 Å². The summed E-state index contributed by atoms with van der Waals surface area (Å²) < 4.78 is 49.2. The molecule has 7 nitrogen and oxygen atoms in total. The van der Waals surface area contributed by atoms with Gasteiger partial charge in [0.1, 0.15) is 41.2 Å². The van der Waals surface area contributed by atoms with Crippen molar-refractivity contribution in [3.8, 4) is 17.0 Å². The molecular formula is C26H28F3N5O2. The topological polar surface area (TPSA) is 116 Å². The van der Waals surface area contributed by atoms with Crippen molar-refractivity contribution in [3.63, 3.8) is 0 Å². The smallest absolute Gasteiger partial charge is 0.274 e. The van der Waals surface area contributed by atoms with E-state index in [1.165, 1.54) is 6.20 Å². The monoisotopic (exact) mass is 499 g/mol. The maximum atomic E-state index is 14.7. The van der Waals surface area contributed by atoms with E-state index in [1.807, 2.05) is 6.07 Å². The summed E-state index contributed by atoms with van der Waals surface area (Å²) in [5.74, 6) is -3.31. The molecule has 1 aliphatic carbocycles. The van der Waals surface area contributed by atoms with Crippen LogP contribution in [0, 0.1) is 23.4 Å². The number of ether oxygens (including phenoxy) is 1. The van der Waals surface area contributed by atoms with Crippen LogP contribution in [0.3, 0.4) is 0 Å². The highest BCUT2D eigenvalue weighted by Crippen LogP contribution is 2.38. The van der Waals surface area contributed by atoms with E-state index in [1.54, 1.807) is 6.20 Å². The summed E-state index contributed by atoms with van der Waals surface area (Å²) in [6.07, 6.45) is 5.82. The molecule has 0 aliphatic heterocycles. The third-order valence-corrected chi connectivity index (χ3v) is 6.24. The van der Waals surface area contributed by atoms with Gasteiger partial charge in [-0.25, -0.2) is 18.2 Å². The van der Waals surface area contributed by atoms with Gasteiger partial charge in [0.25, 0.3) is 5.91 Å². The molecule has 5 N–H and O–H groups in total. The average Bonchev–Trinajstić information content (AvgIpc) is 2.83. The fourth-order valence-corrected chi connectivity index (χ4v) is 4.74. The largest absolute Gasteiger partial charge is 0.492 e. The van der Waals surface area contributed by atoms with Crippen LogP contribution in [0.5, 0.6) is 5.75 Å². The van der Waals surface area contributed by atoms with Crippen LogP contribution in [0.4, 0.5) is 18.9 Å². The van der Waals surface area contributed by atoms with E-state index in [0.29, 0.717) is 11.6 Å². The molecule has 1 aliphatic rings. The Balaban J connectivity index is 1.62. The van der Waals surface area contributed by atoms with Gasteiger partial charge < -0.3 is 21.5 Å². The quantitative estimate of drug-likeness (QED) is 0.444. The molecule has 1 fully saturated rings. The minimum atomic E-state index is -1.08. The second-order valence-corrected chi connectivity index (χ2v) is 9.11. The predicted octanol–water partition coefficient (Wildman–Crippen LogP) is 4.38. The first kappa shape index (κ1) is 25.6. The number of nitrogens with two attached hydrogens (primary N) is 2. The van der Waals surface area contributed by atoms with E-state index < -0.39 is 34.6 Å². The molecule has 0 spiro atoms. The molecule has 10 heteroatoms. The van der Waals surface area contributed by atoms with E-state index in [2.05, 4.69) is 22.2 Å². The fourth-order valence-electron chi connectivity index (χ4n) is 4.74. The van der Waals surface area contributed by atoms with E-state index in [-0.39, 0.29) is 36.6 Å². The van der Waals surface area contributed by atoms with Crippen molar-refractivity contribution in [3.05, 3.63) is 71.4 Å². The molecule has 1 saturated carbocycles. The summed E-state index contributed by atoms with van der Waals surface area (Å²) >= 11 is 0. The van der Waals surface area contributed by atoms with Crippen LogP contribution >= 0.6 is 0 Å². The zero-order chi connectivity index (χ0) is 25.8. The number of hydrogen-bond donors (Lipinski definition) is 3. The number of pyridine rings is 2. The molecule has 1 aromatic carbocycles. The first-order valence-corrected chi connectivity index (χ1v) is 11.8. The molecule has 0 saturated heterocycles. The lowest BCUT2D eigenvalue weighted by Gasteiger charge is -2.32. The van der Waals surface area contributed by atoms with Crippen molar-refractivity contribution >= 4 is 11.6 Å². The fraction of sp³-hybridized carbons (Fsp3) is 0.346. The Morgan fingerprint density at radius 3 is 2.56 bits per heavy atom. The lowest BCUT2D eigenvalue weighted by atomic mass is 9.76. The van der Waals surface area contributed by atoms with Gasteiger partial charge in [0.2, 0.25) is 0 Å². The van der Waals surface area contributed by atoms with Crippen molar-refractivity contribution in [2.45, 2.75) is 38.1 Å². The second kappa shape index (κ2) is 11.0. The Hall–Kier alpha value is -3.50. The lowest BCUT2D eigenvalue weighted by Crippen LogP contribution is -2.31. The molecule has 3 aromatic rings. The third kappa shape index (κ3) is 5.66. The van der Waals surface area contributed by atoms with Crippen LogP contribution in [-0.4, -0.2) is 35.1 Å². The van der Waals surface area contributed by atoms with Crippen molar-refractivity contribution < 1.29 is 22.7 Å². The van der Waals surface area contributed by atoms with Crippen molar-refractivity contribution in [2.24, 2.45) is 17.4 Å². The zero-order valence-corrected chi connectivity index (χ0v) is 19.8. The Kier molecular flexibility index (Phi) is 7.85. The van der Waals surface area contributed by atoms with Crippen molar-refractivity contribution in [2.75, 3.05) is 18.5 Å². The van der Waals surface area contributed by atoms with E-state index >= 15 is 0 Å². The molecular weight excluding hydrogens is 471 g/mol. The SMILES string of the molecule is C[C@@H]1CC(N)CC(c2ccncc2NC(=O)c2ccc(F)c(-c3c(F)cc(OCCN)cc3F)n2)C1. The van der Waals surface area contributed by atoms with Gasteiger partial charge in [0, 0.05) is 30.9 Å². The molecule has 3 atom stereocenters. The maximum absolute atomic E-state index is 14.7. The molecule has 0 bridgehead atoms. The Morgan fingerprint density at radius 2 is 1.86 bits per heavy atom. The second-order valence-electron chi connectivity index (χ2n) is 9.11. The predicted molar refractivity (Wildman–Crippen MR) is 130 cm³/mol. The normalized spacial score (nSPS) is 19.7. The van der Waals surface area contributed by atoms with E-state index in [9.17, 15) is 18.0 Å². The van der Waals surface area contributed by atoms with Crippen LogP contribution in [0.15, 0.2) is 42.7 Å². The van der Waals surface area contributed by atoms with Gasteiger partial charge in [-0.2, -0.15) is 0 Å². The van der Waals surface area contributed by atoms with Crippen molar-refractivity contribution in [1.82, 2.24) is 9.97 Å². The number of anilines is 1. The number of nitrogens with one attached hydrogen (secondary N) is 1. The highest BCUT2D eigenvalue weighted by atomic mass is 19.1. The van der Waals surface area contributed by atoms with Gasteiger partial charge in [-0.3, -0.25) is 9.78 Å². The van der Waals surface area contributed by atoms with Gasteiger partial charge in [-0.1, -0.05) is 6.92 Å². The van der Waals surface area contributed by atoms with Crippen molar-refractivity contribution in [1.29, 1.82) is 0 Å². The number of halogens is 3. The Labute approximate surface area is 207 Å². The maximum Gasteiger partial charge on any atom is 0.274 e. The molecule has 2 unspecified atom stereocenters. The molecule has 36 heavy (non-hydrogen) atoms. The standard InChI is InChI=1S/C26H28F3N5O2/c1-14-8-15(10-16(31)9-14)18-4-6-32-13-23(18)34-26(35)22-3-2-19(27)25(33-22)24-20(28)11-17(12-21(24)29)36-7-5-30/h2-4,6,11-16H,5,7-10,30-31H2,1H3,(H,34,35)/t14-,15?,16?/m0/s1. The number of carbonyl (C=O) groups is 1. The molecule has 1 amide bonds. The Morgan fingerprint density at radius 1 is 1.11 bits per heavy atom. The minimum Gasteiger partial charge on any atom is -0.492 e. The number of aromatic nitrogens is 2. The first-order chi connectivity index (χ1) is 17.3. The number of amides is 1. The average molecular weight is 500 g/mol. The molecule has 190 valence electrons. The number of benzene rings is 1. The number of hydrogen-bond acceptors (Lipinski definition) is 6. The van der Waals surface area contributed by atoms with Crippen LogP contribution in [0.2, 0.25) is 0 Å². The number of nitrogens with zero attached hydrogens (tertiary/aromatic N) is 2. The number of rotatable bonds is 7. The minimum absolute atomic E-state index is 0.0581. The highest BCUT2D eigenvalue weighted by molar-refractivity contribution is 6.03. The van der Waals surface area contributed by atoms with Gasteiger partial charge in [0.15, 0.2) is 0 Å². The van der Waals surface area contributed by atoms with Gasteiger partial charge in [0.05, 0.1) is 17.4 Å². The molecule has 2 aromatic heterocycles. The summed E-state index contributed by atoms with van der Waals surface area (Å²) in [5, 5.41) is 2.77. The Bertz CT molecular complexity index is 1220. The highest BCUT2D eigenvalue weighted by Gasteiger charge is 2.28. The molecule has 2 heterocycles. The number of carbonyl (C=O) groups excluding carboxylic acids is 1. The van der Waals surface area contributed by atoms with Gasteiger partial charge in [-0.15, -0.1) is 0 Å². The van der Waals surface area contributed by atoms with Crippen LogP contribution in [0.1, 0.15) is 48.2 Å². The lowest BCUT2D eigenvalue weighted by molar-refractivity contribution is 0.102. The summed E-state index contributed by atoms with van der Waals surface area (Å²) in [4.78, 5) is 21.1. The molecule has 4 rings (SSSR count). The van der Waals surface area contributed by atoms with E-state index in [0.717, 1.165) is 49.1 Å². The summed E-state index contributed by atoms with van der Waals surface area (Å²) in [7, 11) is 0. The molecule has 0 radical (unpaired) electrons. The third-order valence-electron chi connectivity index (χ3n) is 6.24. The summed E-state index contributed by atoms with van der Waals surface area (Å²) in [6, 6.07) is 5.83. The summed E-state index contributed by atoms with van der Waals surface area (Å²) in [5.41, 5.74) is 11.4. The van der Waals surface area contributed by atoms with E-state index in [4.69, 9.17) is 16.2 Å².